The van der Waals surface area contributed by atoms with Crippen molar-refractivity contribution in [2.45, 2.75) is 68.3 Å². The second kappa shape index (κ2) is 8.52. The Labute approximate surface area is 151 Å². The summed E-state index contributed by atoms with van der Waals surface area (Å²) in [6.45, 7) is 1.91. The highest BCUT2D eigenvalue weighted by molar-refractivity contribution is 7.89. The Hall–Kier alpha value is -1.11. The van der Waals surface area contributed by atoms with Crippen LogP contribution in [0.15, 0.2) is 29.2 Å². The molecule has 1 N–H and O–H groups in total. The molecule has 0 amide bonds. The number of rotatable bonds is 5. The van der Waals surface area contributed by atoms with Crippen LogP contribution in [0.1, 0.15) is 51.4 Å². The quantitative estimate of drug-likeness (QED) is 0.813. The van der Waals surface area contributed by atoms with Gasteiger partial charge in [0.1, 0.15) is 10.6 Å². The van der Waals surface area contributed by atoms with E-state index in [1.807, 2.05) is 0 Å². The molecule has 1 atom stereocenters. The van der Waals surface area contributed by atoms with Crippen molar-refractivity contribution < 1.29 is 13.2 Å². The number of piperidine rings is 1. The molecular formula is C19H30N2O3S. The number of likely N-dealkylation sites (tertiary alicyclic amines) is 1. The molecule has 0 radical (unpaired) electrons. The van der Waals surface area contributed by atoms with Gasteiger partial charge in [-0.3, -0.25) is 4.90 Å². The fraction of sp³-hybridized carbons (Fsp3) is 0.684. The SMILES string of the molecule is COc1ccccc1S(=O)(=O)N[C@@H]1CCCN(C2CCCCCC2)C1. The maximum Gasteiger partial charge on any atom is 0.244 e. The fourth-order valence-electron chi connectivity index (χ4n) is 4.18. The van der Waals surface area contributed by atoms with Crippen molar-refractivity contribution in [2.24, 2.45) is 0 Å². The molecule has 0 spiro atoms. The minimum Gasteiger partial charge on any atom is -0.495 e. The lowest BCUT2D eigenvalue weighted by molar-refractivity contribution is 0.132. The van der Waals surface area contributed by atoms with Gasteiger partial charge in [0.05, 0.1) is 7.11 Å². The third-order valence-electron chi connectivity index (χ3n) is 5.47. The van der Waals surface area contributed by atoms with Crippen molar-refractivity contribution >= 4 is 10.0 Å². The van der Waals surface area contributed by atoms with Gasteiger partial charge in [-0.2, -0.15) is 0 Å². The second-order valence-corrected chi connectivity index (χ2v) is 8.93. The van der Waals surface area contributed by atoms with Crippen molar-refractivity contribution in [2.75, 3.05) is 20.2 Å². The Kier molecular flexibility index (Phi) is 6.36. The average molecular weight is 367 g/mol. The summed E-state index contributed by atoms with van der Waals surface area (Å²) < 4.78 is 33.8. The zero-order valence-electron chi connectivity index (χ0n) is 15.1. The number of benzene rings is 1. The van der Waals surface area contributed by atoms with Gasteiger partial charge in [-0.05, 0) is 44.4 Å². The van der Waals surface area contributed by atoms with Crippen LogP contribution in [0.4, 0.5) is 0 Å². The average Bonchev–Trinajstić information content (AvgIpc) is 2.91. The molecule has 0 unspecified atom stereocenters. The molecule has 25 heavy (non-hydrogen) atoms. The van der Waals surface area contributed by atoms with Crippen LogP contribution in [0.5, 0.6) is 5.75 Å². The summed E-state index contributed by atoms with van der Waals surface area (Å²) in [5, 5.41) is 0. The van der Waals surface area contributed by atoms with Crippen LogP contribution in [0.25, 0.3) is 0 Å². The first-order valence-electron chi connectivity index (χ1n) is 9.49. The summed E-state index contributed by atoms with van der Waals surface area (Å²) in [4.78, 5) is 2.74. The Morgan fingerprint density at radius 1 is 1.04 bits per heavy atom. The van der Waals surface area contributed by atoms with Gasteiger partial charge in [0.25, 0.3) is 0 Å². The molecule has 1 saturated heterocycles. The van der Waals surface area contributed by atoms with E-state index < -0.39 is 10.0 Å². The zero-order valence-corrected chi connectivity index (χ0v) is 15.9. The predicted octanol–water partition coefficient (Wildman–Crippen LogP) is 3.16. The summed E-state index contributed by atoms with van der Waals surface area (Å²) in [6.07, 6.45) is 9.76. The van der Waals surface area contributed by atoms with Gasteiger partial charge in [0.15, 0.2) is 0 Å². The molecule has 2 fully saturated rings. The van der Waals surface area contributed by atoms with Gasteiger partial charge < -0.3 is 4.74 Å². The maximum atomic E-state index is 12.8. The minimum atomic E-state index is -3.57. The van der Waals surface area contributed by atoms with Crippen LogP contribution in [0.3, 0.4) is 0 Å². The molecule has 5 nitrogen and oxygen atoms in total. The highest BCUT2D eigenvalue weighted by Gasteiger charge is 2.30. The predicted molar refractivity (Wildman–Crippen MR) is 99.4 cm³/mol. The fourth-order valence-corrected chi connectivity index (χ4v) is 5.61. The van der Waals surface area contributed by atoms with Crippen molar-refractivity contribution in [1.29, 1.82) is 0 Å². The largest absolute Gasteiger partial charge is 0.495 e. The van der Waals surface area contributed by atoms with Crippen LogP contribution in [0, 0.1) is 0 Å². The molecule has 0 bridgehead atoms. The topological polar surface area (TPSA) is 58.6 Å². The summed E-state index contributed by atoms with van der Waals surface area (Å²) in [6, 6.07) is 7.41. The van der Waals surface area contributed by atoms with E-state index in [2.05, 4.69) is 9.62 Å². The van der Waals surface area contributed by atoms with Crippen molar-refractivity contribution in [1.82, 2.24) is 9.62 Å². The number of para-hydroxylation sites is 1. The first kappa shape index (κ1) is 18.7. The molecule has 1 aliphatic heterocycles. The van der Waals surface area contributed by atoms with Gasteiger partial charge >= 0.3 is 0 Å². The Bertz CT molecular complexity index is 654. The van der Waals surface area contributed by atoms with Gasteiger partial charge in [0, 0.05) is 18.6 Å². The molecule has 1 aliphatic carbocycles. The summed E-state index contributed by atoms with van der Waals surface area (Å²) in [5.41, 5.74) is 0. The lowest BCUT2D eigenvalue weighted by Crippen LogP contribution is -2.50. The number of sulfonamides is 1. The van der Waals surface area contributed by atoms with Gasteiger partial charge in [-0.15, -0.1) is 0 Å². The lowest BCUT2D eigenvalue weighted by atomic mass is 10.0. The smallest absolute Gasteiger partial charge is 0.244 e. The lowest BCUT2D eigenvalue weighted by Gasteiger charge is -2.38. The molecule has 1 heterocycles. The standard InChI is InChI=1S/C19H30N2O3S/c1-24-18-12-6-7-13-19(18)25(22,23)20-16-9-8-14-21(15-16)17-10-4-2-3-5-11-17/h6-7,12-13,16-17,20H,2-5,8-11,14-15H2,1H3/t16-/m1/s1. The van der Waals surface area contributed by atoms with Crippen LogP contribution < -0.4 is 9.46 Å². The highest BCUT2D eigenvalue weighted by atomic mass is 32.2. The minimum absolute atomic E-state index is 0.0214. The van der Waals surface area contributed by atoms with E-state index in [1.54, 1.807) is 24.3 Å². The van der Waals surface area contributed by atoms with E-state index in [4.69, 9.17) is 4.74 Å². The number of nitrogens with zero attached hydrogens (tertiary/aromatic N) is 1. The molecular weight excluding hydrogens is 336 g/mol. The van der Waals surface area contributed by atoms with Gasteiger partial charge in [0.2, 0.25) is 10.0 Å². The van der Waals surface area contributed by atoms with Crippen molar-refractivity contribution in [3.05, 3.63) is 24.3 Å². The van der Waals surface area contributed by atoms with E-state index in [0.717, 1.165) is 25.9 Å². The Balaban J connectivity index is 1.67. The molecule has 0 aromatic heterocycles. The molecule has 1 saturated carbocycles. The molecule has 2 aliphatic rings. The summed E-state index contributed by atoms with van der Waals surface area (Å²) >= 11 is 0. The van der Waals surface area contributed by atoms with Gasteiger partial charge in [-0.1, -0.05) is 37.8 Å². The molecule has 6 heteroatoms. The number of hydrogen-bond acceptors (Lipinski definition) is 4. The van der Waals surface area contributed by atoms with E-state index in [0.29, 0.717) is 11.8 Å². The van der Waals surface area contributed by atoms with Crippen LogP contribution in [-0.2, 0) is 10.0 Å². The third-order valence-corrected chi connectivity index (χ3v) is 7.03. The molecule has 140 valence electrons. The Morgan fingerprint density at radius 3 is 2.48 bits per heavy atom. The number of nitrogens with one attached hydrogen (secondary N) is 1. The number of hydrogen-bond donors (Lipinski definition) is 1. The van der Waals surface area contributed by atoms with E-state index in [1.165, 1.54) is 45.6 Å². The summed E-state index contributed by atoms with van der Waals surface area (Å²) in [7, 11) is -2.06. The third kappa shape index (κ3) is 4.74. The monoisotopic (exact) mass is 366 g/mol. The molecule has 1 aromatic carbocycles. The first-order valence-corrected chi connectivity index (χ1v) is 11.0. The van der Waals surface area contributed by atoms with E-state index in [-0.39, 0.29) is 10.9 Å². The number of methoxy groups -OCH3 is 1. The Morgan fingerprint density at radius 2 is 1.76 bits per heavy atom. The van der Waals surface area contributed by atoms with Crippen LogP contribution in [-0.4, -0.2) is 45.6 Å². The van der Waals surface area contributed by atoms with Crippen LogP contribution >= 0.6 is 0 Å². The van der Waals surface area contributed by atoms with Gasteiger partial charge in [-0.25, -0.2) is 13.1 Å². The normalized spacial score (nSPS) is 24.0. The van der Waals surface area contributed by atoms with Crippen molar-refractivity contribution in [3.8, 4) is 5.75 Å². The number of ether oxygens (including phenoxy) is 1. The maximum absolute atomic E-state index is 12.8. The zero-order chi connectivity index (χ0) is 17.7. The second-order valence-electron chi connectivity index (χ2n) is 7.25. The molecule has 1 aromatic rings. The molecule has 3 rings (SSSR count). The van der Waals surface area contributed by atoms with Crippen molar-refractivity contribution in [3.63, 3.8) is 0 Å². The first-order chi connectivity index (χ1) is 12.1. The highest BCUT2D eigenvalue weighted by Crippen LogP contribution is 2.27. The van der Waals surface area contributed by atoms with E-state index in [9.17, 15) is 8.42 Å². The van der Waals surface area contributed by atoms with E-state index >= 15 is 0 Å². The van der Waals surface area contributed by atoms with Crippen LogP contribution in [0.2, 0.25) is 0 Å². The summed E-state index contributed by atoms with van der Waals surface area (Å²) in [5.74, 6) is 0.395.